The summed E-state index contributed by atoms with van der Waals surface area (Å²) in [6.07, 6.45) is 93.7. The van der Waals surface area contributed by atoms with Crippen molar-refractivity contribution in [3.63, 3.8) is 0 Å². The molecule has 482 valence electrons. The van der Waals surface area contributed by atoms with E-state index in [1.54, 1.807) is 0 Å². The third kappa shape index (κ3) is 69.5. The molecule has 0 heterocycles. The van der Waals surface area contributed by atoms with Gasteiger partial charge in [-0.2, -0.15) is 0 Å². The molecule has 0 fully saturated rings. The predicted molar refractivity (Wildman–Crippen MR) is 362 cm³/mol. The van der Waals surface area contributed by atoms with Crippen LogP contribution in [0.1, 0.15) is 380 Å². The molecule has 0 amide bonds. The molecule has 0 aromatic carbocycles. The molecule has 0 saturated carbocycles. The highest BCUT2D eigenvalue weighted by molar-refractivity contribution is 5.71. The van der Waals surface area contributed by atoms with Gasteiger partial charge < -0.3 is 14.2 Å². The van der Waals surface area contributed by atoms with Gasteiger partial charge in [0.15, 0.2) is 6.10 Å². The molecule has 0 aliphatic rings. The summed E-state index contributed by atoms with van der Waals surface area (Å²) in [5.41, 5.74) is 0. The fourth-order valence-electron chi connectivity index (χ4n) is 10.8. The molecule has 83 heavy (non-hydrogen) atoms. The van der Waals surface area contributed by atoms with E-state index in [1.807, 2.05) is 0 Å². The van der Waals surface area contributed by atoms with Crippen molar-refractivity contribution >= 4 is 17.9 Å². The number of allylic oxidation sites excluding steroid dienone is 12. The summed E-state index contributed by atoms with van der Waals surface area (Å²) in [6.45, 7) is 6.59. The molecule has 0 aromatic rings. The van der Waals surface area contributed by atoms with E-state index in [1.165, 1.54) is 244 Å². The van der Waals surface area contributed by atoms with E-state index in [0.29, 0.717) is 19.3 Å². The van der Waals surface area contributed by atoms with Gasteiger partial charge in [0.25, 0.3) is 0 Å². The highest BCUT2D eigenvalue weighted by Gasteiger charge is 2.19. The lowest BCUT2D eigenvalue weighted by atomic mass is 10.0. The normalized spacial score (nSPS) is 12.5. The molecule has 0 aliphatic heterocycles. The van der Waals surface area contributed by atoms with Crippen LogP contribution in [0.2, 0.25) is 0 Å². The van der Waals surface area contributed by atoms with Crippen LogP contribution in [0, 0.1) is 0 Å². The summed E-state index contributed by atoms with van der Waals surface area (Å²) >= 11 is 0. The molecule has 1 atom stereocenters. The first-order valence-corrected chi connectivity index (χ1v) is 36.4. The first-order chi connectivity index (χ1) is 41.0. The summed E-state index contributed by atoms with van der Waals surface area (Å²) in [7, 11) is 0. The molecule has 0 saturated heterocycles. The SMILES string of the molecule is CC/C=C\C/C=C\C/C=C\C/C=C\C/C=C\C/C=C\CCCCCCCCCCCCCCC(=O)OCC(COC(=O)CCCCCCCCCCCCCC)OC(=O)CCCCCCCCCCCCCCCCCCCCCCCC. The number of ether oxygens (including phenoxy) is 3. The molecule has 0 N–H and O–H groups in total. The smallest absolute Gasteiger partial charge is 0.306 e. The van der Waals surface area contributed by atoms with Crippen molar-refractivity contribution in [2.45, 2.75) is 386 Å². The first kappa shape index (κ1) is 79.8. The molecule has 0 rings (SSSR count). The second kappa shape index (κ2) is 71.3. The monoisotopic (exact) mass is 1160 g/mol. The average molecular weight is 1160 g/mol. The number of hydrogen-bond donors (Lipinski definition) is 0. The lowest BCUT2D eigenvalue weighted by molar-refractivity contribution is -0.167. The second-order valence-corrected chi connectivity index (χ2v) is 24.5. The zero-order valence-corrected chi connectivity index (χ0v) is 55.5. The van der Waals surface area contributed by atoms with Crippen LogP contribution in [-0.2, 0) is 28.6 Å². The third-order valence-electron chi connectivity index (χ3n) is 16.2. The van der Waals surface area contributed by atoms with Gasteiger partial charge in [-0.05, 0) is 70.6 Å². The van der Waals surface area contributed by atoms with Gasteiger partial charge in [-0.25, -0.2) is 0 Å². The Labute approximate surface area is 516 Å². The van der Waals surface area contributed by atoms with Crippen LogP contribution in [0.15, 0.2) is 72.9 Å². The van der Waals surface area contributed by atoms with Crippen molar-refractivity contribution in [2.24, 2.45) is 0 Å². The van der Waals surface area contributed by atoms with Crippen LogP contribution < -0.4 is 0 Å². The number of hydrogen-bond acceptors (Lipinski definition) is 6. The number of esters is 3. The van der Waals surface area contributed by atoms with Crippen molar-refractivity contribution in [3.8, 4) is 0 Å². The van der Waals surface area contributed by atoms with Crippen LogP contribution in [0.5, 0.6) is 0 Å². The Morgan fingerprint density at radius 3 is 0.735 bits per heavy atom. The Kier molecular flexibility index (Phi) is 68.6. The molecular weight excluding hydrogens is 1020 g/mol. The number of unbranched alkanes of at least 4 members (excludes halogenated alkanes) is 44. The molecular formula is C77H138O6. The van der Waals surface area contributed by atoms with Gasteiger partial charge in [-0.1, -0.05) is 363 Å². The van der Waals surface area contributed by atoms with E-state index in [-0.39, 0.29) is 31.1 Å². The second-order valence-electron chi connectivity index (χ2n) is 24.5. The zero-order chi connectivity index (χ0) is 59.9. The summed E-state index contributed by atoms with van der Waals surface area (Å²) in [5, 5.41) is 0. The number of rotatable bonds is 67. The molecule has 0 aromatic heterocycles. The first-order valence-electron chi connectivity index (χ1n) is 36.4. The lowest BCUT2D eigenvalue weighted by Crippen LogP contribution is -2.30. The van der Waals surface area contributed by atoms with Crippen LogP contribution in [0.4, 0.5) is 0 Å². The van der Waals surface area contributed by atoms with Gasteiger partial charge in [0.2, 0.25) is 0 Å². The van der Waals surface area contributed by atoms with Crippen LogP contribution >= 0.6 is 0 Å². The van der Waals surface area contributed by atoms with Crippen LogP contribution in [0.3, 0.4) is 0 Å². The summed E-state index contributed by atoms with van der Waals surface area (Å²) in [6, 6.07) is 0. The summed E-state index contributed by atoms with van der Waals surface area (Å²) in [5.74, 6) is -0.845. The van der Waals surface area contributed by atoms with E-state index >= 15 is 0 Å². The summed E-state index contributed by atoms with van der Waals surface area (Å²) < 4.78 is 17.0. The predicted octanol–water partition coefficient (Wildman–Crippen LogP) is 25.2. The van der Waals surface area contributed by atoms with Gasteiger partial charge in [-0.15, -0.1) is 0 Å². The fourth-order valence-corrected chi connectivity index (χ4v) is 10.8. The standard InChI is InChI=1S/C77H138O6/c1-4-7-10-13-16-19-22-25-27-29-31-33-35-36-37-38-39-40-41-42-43-45-46-48-50-52-55-58-61-64-67-70-76(79)82-73-74(72-81-75(78)69-66-63-60-57-54-24-21-18-15-12-9-6-3)83-77(80)71-68-65-62-59-56-53-51-49-47-44-34-32-30-28-26-23-20-17-14-11-8-5-2/h7,10,16,19,25,27,31,33,36-37,39-40,74H,4-6,8-9,11-15,17-18,20-24,26,28-30,32,34-35,38,41-73H2,1-3H3/b10-7-,19-16-,27-25-,33-31-,37-36-,40-39-. The largest absolute Gasteiger partial charge is 0.462 e. The minimum absolute atomic E-state index is 0.0689. The van der Waals surface area contributed by atoms with E-state index in [4.69, 9.17) is 14.2 Å². The molecule has 1 unspecified atom stereocenters. The van der Waals surface area contributed by atoms with Crippen molar-refractivity contribution in [3.05, 3.63) is 72.9 Å². The maximum atomic E-state index is 13.0. The fraction of sp³-hybridized carbons (Fsp3) is 0.805. The van der Waals surface area contributed by atoms with Gasteiger partial charge in [0, 0.05) is 19.3 Å². The van der Waals surface area contributed by atoms with E-state index in [2.05, 4.69) is 93.7 Å². The van der Waals surface area contributed by atoms with E-state index in [0.717, 1.165) is 96.3 Å². The molecule has 6 nitrogen and oxygen atoms in total. The van der Waals surface area contributed by atoms with Gasteiger partial charge in [-0.3, -0.25) is 14.4 Å². The summed E-state index contributed by atoms with van der Waals surface area (Å²) in [4.78, 5) is 38.4. The lowest BCUT2D eigenvalue weighted by Gasteiger charge is -2.18. The maximum absolute atomic E-state index is 13.0. The Bertz CT molecular complexity index is 1520. The molecule has 0 aliphatic carbocycles. The van der Waals surface area contributed by atoms with E-state index < -0.39 is 6.10 Å². The van der Waals surface area contributed by atoms with E-state index in [9.17, 15) is 14.4 Å². The Morgan fingerprint density at radius 2 is 0.470 bits per heavy atom. The van der Waals surface area contributed by atoms with Crippen molar-refractivity contribution < 1.29 is 28.6 Å². The minimum Gasteiger partial charge on any atom is -0.462 e. The highest BCUT2D eigenvalue weighted by atomic mass is 16.6. The van der Waals surface area contributed by atoms with Gasteiger partial charge in [0.1, 0.15) is 13.2 Å². The Balaban J connectivity index is 4.20. The van der Waals surface area contributed by atoms with Crippen molar-refractivity contribution in [1.82, 2.24) is 0 Å². The van der Waals surface area contributed by atoms with Crippen LogP contribution in [0.25, 0.3) is 0 Å². The molecule has 0 radical (unpaired) electrons. The average Bonchev–Trinajstić information content (AvgIpc) is 3.49. The van der Waals surface area contributed by atoms with Crippen LogP contribution in [-0.4, -0.2) is 37.2 Å². The quantitative estimate of drug-likeness (QED) is 0.0261. The molecule has 0 bridgehead atoms. The van der Waals surface area contributed by atoms with Gasteiger partial charge >= 0.3 is 17.9 Å². The minimum atomic E-state index is -0.773. The maximum Gasteiger partial charge on any atom is 0.306 e. The third-order valence-corrected chi connectivity index (χ3v) is 16.2. The topological polar surface area (TPSA) is 78.9 Å². The Morgan fingerprint density at radius 1 is 0.253 bits per heavy atom. The molecule has 6 heteroatoms. The van der Waals surface area contributed by atoms with Crippen molar-refractivity contribution in [2.75, 3.05) is 13.2 Å². The number of carbonyl (C=O) groups is 3. The Hall–Kier alpha value is -3.15. The van der Waals surface area contributed by atoms with Gasteiger partial charge in [0.05, 0.1) is 0 Å². The zero-order valence-electron chi connectivity index (χ0n) is 55.5. The van der Waals surface area contributed by atoms with Crippen molar-refractivity contribution in [1.29, 1.82) is 0 Å². The number of carbonyl (C=O) groups excluding carboxylic acids is 3. The highest BCUT2D eigenvalue weighted by Crippen LogP contribution is 2.18. The molecule has 0 spiro atoms.